The van der Waals surface area contributed by atoms with Crippen LogP contribution in [-0.2, 0) is 25.2 Å². The van der Waals surface area contributed by atoms with Gasteiger partial charge < -0.3 is 10.4 Å². The van der Waals surface area contributed by atoms with Crippen LogP contribution in [0.2, 0.25) is 0 Å². The Morgan fingerprint density at radius 3 is 2.57 bits per heavy atom. The van der Waals surface area contributed by atoms with Crippen molar-refractivity contribution in [3.8, 4) is 0 Å². The molecule has 0 aliphatic rings. The Hall–Kier alpha value is -1.48. The van der Waals surface area contributed by atoms with E-state index in [0.29, 0.717) is 4.47 Å². The predicted octanol–water partition coefficient (Wildman–Crippen LogP) is 1.09. The minimum Gasteiger partial charge on any atom is -0.480 e. The molecule has 0 aliphatic carbocycles. The fourth-order valence-corrected chi connectivity index (χ4v) is 3.58. The lowest BCUT2D eigenvalue weighted by Crippen LogP contribution is -2.44. The molecule has 0 aliphatic heterocycles. The summed E-state index contributed by atoms with van der Waals surface area (Å²) in [4.78, 5) is 21.8. The van der Waals surface area contributed by atoms with Gasteiger partial charge in [-0.05, 0) is 18.2 Å². The number of carbonyl (C=O) groups is 2. The highest BCUT2D eigenvalue weighted by Gasteiger charge is 2.27. The van der Waals surface area contributed by atoms with Crippen LogP contribution in [-0.4, -0.2) is 37.2 Å². The highest BCUT2D eigenvalue weighted by Crippen LogP contribution is 2.18. The standard InChI is InChI=1S/C12H13BrFNO5S/c1-7(16)15-11(12(17)18)6-21(19,20)5-8-4-9(13)2-3-10(8)14/h2-4,11H,5-6H2,1H3,(H,15,16)(H,17,18). The van der Waals surface area contributed by atoms with Crippen LogP contribution in [0.3, 0.4) is 0 Å². The number of sulfone groups is 1. The van der Waals surface area contributed by atoms with Crippen LogP contribution >= 0.6 is 15.9 Å². The first-order valence-corrected chi connectivity index (χ1v) is 8.36. The van der Waals surface area contributed by atoms with Gasteiger partial charge in [0.1, 0.15) is 11.9 Å². The molecule has 0 aromatic heterocycles. The highest BCUT2D eigenvalue weighted by molar-refractivity contribution is 9.10. The summed E-state index contributed by atoms with van der Waals surface area (Å²) in [6, 6.07) is 2.27. The van der Waals surface area contributed by atoms with E-state index >= 15 is 0 Å². The number of hydrogen-bond donors (Lipinski definition) is 2. The first-order chi connectivity index (χ1) is 9.60. The van der Waals surface area contributed by atoms with E-state index in [0.717, 1.165) is 13.0 Å². The SMILES string of the molecule is CC(=O)NC(CS(=O)(=O)Cc1cc(Br)ccc1F)C(=O)O. The van der Waals surface area contributed by atoms with E-state index in [1.807, 2.05) is 5.32 Å². The largest absolute Gasteiger partial charge is 0.480 e. The maximum absolute atomic E-state index is 13.5. The molecule has 0 bridgehead atoms. The van der Waals surface area contributed by atoms with Gasteiger partial charge in [-0.1, -0.05) is 15.9 Å². The number of halogens is 2. The van der Waals surface area contributed by atoms with Crippen LogP contribution in [0.25, 0.3) is 0 Å². The Labute approximate surface area is 129 Å². The van der Waals surface area contributed by atoms with E-state index in [-0.39, 0.29) is 5.56 Å². The van der Waals surface area contributed by atoms with Crippen LogP contribution in [0, 0.1) is 5.82 Å². The fourth-order valence-electron chi connectivity index (χ4n) is 1.62. The van der Waals surface area contributed by atoms with Crippen LogP contribution < -0.4 is 5.32 Å². The fraction of sp³-hybridized carbons (Fsp3) is 0.333. The third-order valence-electron chi connectivity index (χ3n) is 2.48. The predicted molar refractivity (Wildman–Crippen MR) is 76.8 cm³/mol. The second-order valence-corrected chi connectivity index (χ2v) is 7.41. The van der Waals surface area contributed by atoms with Crippen LogP contribution in [0.5, 0.6) is 0 Å². The van der Waals surface area contributed by atoms with Crippen molar-refractivity contribution in [2.45, 2.75) is 18.7 Å². The second-order valence-electron chi connectivity index (χ2n) is 4.38. The monoisotopic (exact) mass is 381 g/mol. The van der Waals surface area contributed by atoms with Gasteiger partial charge in [-0.2, -0.15) is 0 Å². The summed E-state index contributed by atoms with van der Waals surface area (Å²) in [5.41, 5.74) is -0.0728. The van der Waals surface area contributed by atoms with Crippen molar-refractivity contribution in [2.75, 3.05) is 5.75 Å². The van der Waals surface area contributed by atoms with Crippen molar-refractivity contribution in [3.63, 3.8) is 0 Å². The average molecular weight is 382 g/mol. The van der Waals surface area contributed by atoms with E-state index in [4.69, 9.17) is 5.11 Å². The molecule has 0 radical (unpaired) electrons. The number of aliphatic carboxylic acids is 1. The molecule has 0 fully saturated rings. The van der Waals surface area contributed by atoms with Crippen LogP contribution in [0.15, 0.2) is 22.7 Å². The van der Waals surface area contributed by atoms with Gasteiger partial charge in [-0.3, -0.25) is 4.79 Å². The molecule has 21 heavy (non-hydrogen) atoms. The van der Waals surface area contributed by atoms with E-state index in [1.54, 1.807) is 0 Å². The Morgan fingerprint density at radius 2 is 2.05 bits per heavy atom. The number of amides is 1. The number of benzene rings is 1. The van der Waals surface area contributed by atoms with Gasteiger partial charge >= 0.3 is 5.97 Å². The molecule has 6 nitrogen and oxygen atoms in total. The van der Waals surface area contributed by atoms with E-state index < -0.39 is 45.1 Å². The van der Waals surface area contributed by atoms with Gasteiger partial charge in [0.05, 0.1) is 11.5 Å². The van der Waals surface area contributed by atoms with Gasteiger partial charge in [0.15, 0.2) is 9.84 Å². The van der Waals surface area contributed by atoms with E-state index in [2.05, 4.69) is 15.9 Å². The third kappa shape index (κ3) is 5.80. The Bertz CT molecular complexity index is 662. The molecule has 0 heterocycles. The van der Waals surface area contributed by atoms with E-state index in [1.165, 1.54) is 12.1 Å². The quantitative estimate of drug-likeness (QED) is 0.767. The summed E-state index contributed by atoms with van der Waals surface area (Å²) in [6.45, 7) is 1.08. The lowest BCUT2D eigenvalue weighted by molar-refractivity contribution is -0.140. The lowest BCUT2D eigenvalue weighted by Gasteiger charge is -2.14. The maximum Gasteiger partial charge on any atom is 0.327 e. The number of nitrogens with one attached hydrogen (secondary N) is 1. The molecule has 9 heteroatoms. The Balaban J connectivity index is 2.92. The molecule has 1 aromatic rings. The molecule has 1 rings (SSSR count). The molecule has 0 saturated carbocycles. The van der Waals surface area contributed by atoms with Crippen molar-refractivity contribution < 1.29 is 27.5 Å². The normalized spacial score (nSPS) is 12.7. The first-order valence-electron chi connectivity index (χ1n) is 5.75. The molecular weight excluding hydrogens is 369 g/mol. The molecule has 2 N–H and O–H groups in total. The summed E-state index contributed by atoms with van der Waals surface area (Å²) in [6.07, 6.45) is 0. The van der Waals surface area contributed by atoms with Crippen molar-refractivity contribution in [1.29, 1.82) is 0 Å². The summed E-state index contributed by atoms with van der Waals surface area (Å²) < 4.78 is 38.0. The Kier molecular flexibility index (Phi) is 5.85. The number of rotatable bonds is 6. The molecule has 1 aromatic carbocycles. The van der Waals surface area contributed by atoms with Gasteiger partial charge in [0.25, 0.3) is 0 Å². The summed E-state index contributed by atoms with van der Waals surface area (Å²) in [7, 11) is -3.92. The molecule has 1 unspecified atom stereocenters. The van der Waals surface area contributed by atoms with Gasteiger partial charge in [-0.25, -0.2) is 17.6 Å². The van der Waals surface area contributed by atoms with Gasteiger partial charge in [-0.15, -0.1) is 0 Å². The summed E-state index contributed by atoms with van der Waals surface area (Å²) in [5, 5.41) is 10.9. The van der Waals surface area contributed by atoms with Crippen LogP contribution in [0.4, 0.5) is 4.39 Å². The van der Waals surface area contributed by atoms with Crippen molar-refractivity contribution >= 4 is 37.6 Å². The van der Waals surface area contributed by atoms with Gasteiger partial charge in [0, 0.05) is 17.0 Å². The first kappa shape index (κ1) is 17.6. The number of carboxylic acid groups (broad SMARTS) is 1. The van der Waals surface area contributed by atoms with Crippen molar-refractivity contribution in [2.24, 2.45) is 0 Å². The zero-order valence-corrected chi connectivity index (χ0v) is 13.4. The maximum atomic E-state index is 13.5. The minimum atomic E-state index is -3.92. The average Bonchev–Trinajstić information content (AvgIpc) is 2.31. The summed E-state index contributed by atoms with van der Waals surface area (Å²) >= 11 is 3.10. The topological polar surface area (TPSA) is 101 Å². The number of carboxylic acids is 1. The number of carbonyl (C=O) groups excluding carboxylic acids is 1. The van der Waals surface area contributed by atoms with Gasteiger partial charge in [0.2, 0.25) is 5.91 Å². The number of hydrogen-bond acceptors (Lipinski definition) is 4. The van der Waals surface area contributed by atoms with Crippen molar-refractivity contribution in [3.05, 3.63) is 34.1 Å². The van der Waals surface area contributed by atoms with Crippen LogP contribution in [0.1, 0.15) is 12.5 Å². The lowest BCUT2D eigenvalue weighted by atomic mass is 10.2. The summed E-state index contributed by atoms with van der Waals surface area (Å²) in [5.74, 6) is -4.29. The molecule has 0 saturated heterocycles. The highest BCUT2D eigenvalue weighted by atomic mass is 79.9. The smallest absolute Gasteiger partial charge is 0.327 e. The molecule has 1 amide bonds. The molecule has 116 valence electrons. The Morgan fingerprint density at radius 1 is 1.43 bits per heavy atom. The zero-order valence-electron chi connectivity index (χ0n) is 11.0. The second kappa shape index (κ2) is 6.99. The van der Waals surface area contributed by atoms with E-state index in [9.17, 15) is 22.4 Å². The zero-order chi connectivity index (χ0) is 16.2. The van der Waals surface area contributed by atoms with Crippen molar-refractivity contribution in [1.82, 2.24) is 5.32 Å². The molecule has 1 atom stereocenters. The third-order valence-corrected chi connectivity index (χ3v) is 4.56. The molecular formula is C12H13BrFNO5S. The molecule has 0 spiro atoms. The minimum absolute atomic E-state index is 0.0728.